The highest BCUT2D eigenvalue weighted by molar-refractivity contribution is 9.10. The molecule has 0 bridgehead atoms. The fourth-order valence-electron chi connectivity index (χ4n) is 1.85. The zero-order valence-electron chi connectivity index (χ0n) is 12.1. The number of benzene rings is 1. The summed E-state index contributed by atoms with van der Waals surface area (Å²) in [6.45, 7) is 5.17. The van der Waals surface area contributed by atoms with E-state index in [2.05, 4.69) is 31.9 Å². The zero-order valence-corrected chi connectivity index (χ0v) is 15.3. The number of nitrogens with zero attached hydrogens (tertiary/aromatic N) is 1. The van der Waals surface area contributed by atoms with Crippen molar-refractivity contribution < 1.29 is 18.3 Å². The molecule has 0 amide bonds. The van der Waals surface area contributed by atoms with Gasteiger partial charge in [0, 0.05) is 15.1 Å². The van der Waals surface area contributed by atoms with Crippen LogP contribution in [0.2, 0.25) is 0 Å². The van der Waals surface area contributed by atoms with E-state index in [1.165, 1.54) is 18.3 Å². The van der Waals surface area contributed by atoms with Gasteiger partial charge < -0.3 is 4.74 Å². The largest absolute Gasteiger partial charge is 0.443 e. The lowest BCUT2D eigenvalue weighted by Crippen LogP contribution is -2.27. The molecule has 0 radical (unpaired) electrons. The van der Waals surface area contributed by atoms with Crippen molar-refractivity contribution in [3.8, 4) is 11.3 Å². The summed E-state index contributed by atoms with van der Waals surface area (Å²) in [6.07, 6.45) is 0.768. The van der Waals surface area contributed by atoms with E-state index in [9.17, 15) is 13.6 Å². The van der Waals surface area contributed by atoms with Gasteiger partial charge in [0.05, 0.1) is 11.3 Å². The maximum atomic E-state index is 14.2. The van der Waals surface area contributed by atoms with Crippen molar-refractivity contribution in [1.82, 2.24) is 4.57 Å². The molecule has 3 nitrogen and oxygen atoms in total. The third-order valence-electron chi connectivity index (χ3n) is 2.68. The fraction of sp³-hybridized carbons (Fsp3) is 0.267. The minimum Gasteiger partial charge on any atom is -0.443 e. The standard InChI is InChI=1S/C15H13Br2F2NO2/c1-15(2,3)22-14(21)20-7-8(16)6-11(20)12-9(17)4-5-10(18)13(12)19/h4-7H,1-3H3. The average molecular weight is 437 g/mol. The van der Waals surface area contributed by atoms with Gasteiger partial charge in [0.1, 0.15) is 5.60 Å². The topological polar surface area (TPSA) is 31.2 Å². The zero-order chi connectivity index (χ0) is 16.7. The van der Waals surface area contributed by atoms with E-state index in [4.69, 9.17) is 4.74 Å². The number of hydrogen-bond acceptors (Lipinski definition) is 2. The number of ether oxygens (including phenoxy) is 1. The normalized spacial score (nSPS) is 11.6. The molecule has 0 unspecified atom stereocenters. The van der Waals surface area contributed by atoms with Crippen LogP contribution in [-0.4, -0.2) is 16.3 Å². The molecule has 1 aromatic heterocycles. The van der Waals surface area contributed by atoms with E-state index >= 15 is 0 Å². The summed E-state index contributed by atoms with van der Waals surface area (Å²) >= 11 is 6.42. The highest BCUT2D eigenvalue weighted by atomic mass is 79.9. The molecule has 0 atom stereocenters. The summed E-state index contributed by atoms with van der Waals surface area (Å²) in [6, 6.07) is 3.92. The Morgan fingerprint density at radius 1 is 1.23 bits per heavy atom. The summed E-state index contributed by atoms with van der Waals surface area (Å²) in [7, 11) is 0. The molecule has 0 fully saturated rings. The maximum absolute atomic E-state index is 14.2. The van der Waals surface area contributed by atoms with Crippen molar-refractivity contribution >= 4 is 38.0 Å². The van der Waals surface area contributed by atoms with Crippen LogP contribution in [0.3, 0.4) is 0 Å². The molecule has 1 heterocycles. The molecule has 0 spiro atoms. The fourth-order valence-corrected chi connectivity index (χ4v) is 2.78. The summed E-state index contributed by atoms with van der Waals surface area (Å²) in [4.78, 5) is 12.3. The molecule has 7 heteroatoms. The van der Waals surface area contributed by atoms with Crippen LogP contribution in [0.5, 0.6) is 0 Å². The van der Waals surface area contributed by atoms with Crippen molar-refractivity contribution in [2.45, 2.75) is 26.4 Å². The predicted octanol–water partition coefficient (Wildman–Crippen LogP) is 5.74. The number of rotatable bonds is 1. The molecule has 22 heavy (non-hydrogen) atoms. The van der Waals surface area contributed by atoms with Gasteiger partial charge in [-0.3, -0.25) is 4.57 Å². The van der Waals surface area contributed by atoms with Crippen LogP contribution >= 0.6 is 31.9 Å². The monoisotopic (exact) mass is 435 g/mol. The Balaban J connectivity index is 2.59. The minimum absolute atomic E-state index is 0.0449. The smallest absolute Gasteiger partial charge is 0.419 e. The van der Waals surface area contributed by atoms with Crippen molar-refractivity contribution in [1.29, 1.82) is 0 Å². The number of aromatic nitrogens is 1. The van der Waals surface area contributed by atoms with Crippen LogP contribution in [0.15, 0.2) is 33.3 Å². The summed E-state index contributed by atoms with van der Waals surface area (Å²) in [5.74, 6) is -2.03. The van der Waals surface area contributed by atoms with Gasteiger partial charge in [-0.2, -0.15) is 0 Å². The van der Waals surface area contributed by atoms with Crippen LogP contribution in [0.25, 0.3) is 11.3 Å². The van der Waals surface area contributed by atoms with Gasteiger partial charge in [-0.1, -0.05) is 0 Å². The van der Waals surface area contributed by atoms with E-state index in [0.29, 0.717) is 8.95 Å². The molecule has 0 aliphatic rings. The van der Waals surface area contributed by atoms with Gasteiger partial charge in [0.2, 0.25) is 0 Å². The van der Waals surface area contributed by atoms with E-state index in [1.54, 1.807) is 20.8 Å². The first kappa shape index (κ1) is 17.1. The summed E-state index contributed by atoms with van der Waals surface area (Å²) in [5, 5.41) is 0. The second-order valence-electron chi connectivity index (χ2n) is 5.61. The molecular formula is C15H13Br2F2NO2. The summed E-state index contributed by atoms with van der Waals surface area (Å²) < 4.78 is 35.0. The second kappa shape index (κ2) is 6.12. The van der Waals surface area contributed by atoms with Gasteiger partial charge >= 0.3 is 6.09 Å². The predicted molar refractivity (Wildman–Crippen MR) is 86.8 cm³/mol. The molecule has 0 aliphatic heterocycles. The summed E-state index contributed by atoms with van der Waals surface area (Å²) in [5.41, 5.74) is -0.565. The molecule has 0 N–H and O–H groups in total. The molecule has 2 aromatic rings. The molecule has 0 saturated carbocycles. The average Bonchev–Trinajstić information content (AvgIpc) is 2.74. The molecule has 1 aromatic carbocycles. The lowest BCUT2D eigenvalue weighted by molar-refractivity contribution is 0.0540. The maximum Gasteiger partial charge on any atom is 0.419 e. The van der Waals surface area contributed by atoms with E-state index < -0.39 is 23.3 Å². The van der Waals surface area contributed by atoms with Crippen LogP contribution in [-0.2, 0) is 4.74 Å². The third kappa shape index (κ3) is 3.57. The van der Waals surface area contributed by atoms with Crippen LogP contribution < -0.4 is 0 Å². The molecule has 118 valence electrons. The van der Waals surface area contributed by atoms with Gasteiger partial charge in [-0.25, -0.2) is 13.6 Å². The lowest BCUT2D eigenvalue weighted by Gasteiger charge is -2.20. The Kier molecular flexibility index (Phi) is 4.77. The Labute approximate surface area is 143 Å². The first-order valence-corrected chi connectivity index (χ1v) is 7.94. The highest BCUT2D eigenvalue weighted by Gasteiger charge is 2.24. The quantitative estimate of drug-likeness (QED) is 0.533. The van der Waals surface area contributed by atoms with E-state index in [1.807, 2.05) is 0 Å². The van der Waals surface area contributed by atoms with Crippen molar-refractivity contribution in [2.24, 2.45) is 0 Å². The Morgan fingerprint density at radius 2 is 1.86 bits per heavy atom. The number of halogens is 4. The molecule has 2 rings (SSSR count). The van der Waals surface area contributed by atoms with Gasteiger partial charge in [0.15, 0.2) is 11.6 Å². The van der Waals surface area contributed by atoms with Crippen LogP contribution in [0, 0.1) is 11.6 Å². The second-order valence-corrected chi connectivity index (χ2v) is 7.38. The molecular weight excluding hydrogens is 424 g/mol. The van der Waals surface area contributed by atoms with Gasteiger partial charge in [-0.15, -0.1) is 0 Å². The van der Waals surface area contributed by atoms with Crippen molar-refractivity contribution in [3.05, 3.63) is 45.0 Å². The first-order valence-electron chi connectivity index (χ1n) is 6.35. The van der Waals surface area contributed by atoms with Crippen molar-refractivity contribution in [2.75, 3.05) is 0 Å². The first-order chi connectivity index (χ1) is 10.1. The minimum atomic E-state index is -1.04. The third-order valence-corrected chi connectivity index (χ3v) is 3.77. The Hall–Kier alpha value is -1.21. The van der Waals surface area contributed by atoms with E-state index in [0.717, 1.165) is 10.6 Å². The number of hydrogen-bond donors (Lipinski definition) is 0. The number of carbonyl (C=O) groups is 1. The number of carbonyl (C=O) groups excluding carboxylic acids is 1. The Morgan fingerprint density at radius 3 is 2.45 bits per heavy atom. The molecule has 0 saturated heterocycles. The van der Waals surface area contributed by atoms with E-state index in [-0.39, 0.29) is 11.3 Å². The van der Waals surface area contributed by atoms with Crippen LogP contribution in [0.1, 0.15) is 20.8 Å². The SMILES string of the molecule is CC(C)(C)OC(=O)n1cc(Br)cc1-c1c(Br)ccc(F)c1F. The van der Waals surface area contributed by atoms with Crippen molar-refractivity contribution in [3.63, 3.8) is 0 Å². The van der Waals surface area contributed by atoms with Gasteiger partial charge in [0.25, 0.3) is 0 Å². The van der Waals surface area contributed by atoms with Gasteiger partial charge in [-0.05, 0) is 70.8 Å². The highest BCUT2D eigenvalue weighted by Crippen LogP contribution is 2.35. The Bertz CT molecular complexity index is 736. The molecule has 0 aliphatic carbocycles. The lowest BCUT2D eigenvalue weighted by atomic mass is 10.1. The van der Waals surface area contributed by atoms with Crippen LogP contribution in [0.4, 0.5) is 13.6 Å².